The van der Waals surface area contributed by atoms with Crippen molar-refractivity contribution in [3.05, 3.63) is 24.2 Å². The third-order valence-corrected chi connectivity index (χ3v) is 3.67. The van der Waals surface area contributed by atoms with Crippen molar-refractivity contribution in [2.45, 2.75) is 45.3 Å². The molecule has 1 saturated heterocycles. The lowest BCUT2D eigenvalue weighted by Gasteiger charge is -2.31. The van der Waals surface area contributed by atoms with Crippen molar-refractivity contribution in [2.24, 2.45) is 0 Å². The van der Waals surface area contributed by atoms with E-state index < -0.39 is 11.7 Å². The average molecular weight is 351 g/mol. The number of hydrogen-bond donors (Lipinski definition) is 2. The molecule has 1 aliphatic heterocycles. The smallest absolute Gasteiger partial charge is 0.408 e. The summed E-state index contributed by atoms with van der Waals surface area (Å²) in [5.41, 5.74) is -0.603. The molecule has 0 saturated carbocycles. The molecule has 1 fully saturated rings. The van der Waals surface area contributed by atoms with Crippen LogP contribution in [0.5, 0.6) is 0 Å². The topological polar surface area (TPSA) is 101 Å². The molecule has 0 spiro atoms. The number of carbonyl (C=O) groups is 3. The minimum atomic E-state index is -0.624. The molecule has 0 atom stereocenters. The Morgan fingerprint density at radius 2 is 1.96 bits per heavy atom. The van der Waals surface area contributed by atoms with Gasteiger partial charge in [0.05, 0.1) is 6.26 Å². The minimum Gasteiger partial charge on any atom is -0.459 e. The SMILES string of the molecule is CC(C)(C)OC(=O)NCC(=O)NC1CCN(C(=O)c2ccco2)CC1. The van der Waals surface area contributed by atoms with E-state index in [1.807, 2.05) is 0 Å². The molecule has 138 valence electrons. The summed E-state index contributed by atoms with van der Waals surface area (Å²) in [4.78, 5) is 37.3. The summed E-state index contributed by atoms with van der Waals surface area (Å²) in [6.45, 7) is 6.22. The van der Waals surface area contributed by atoms with E-state index in [2.05, 4.69) is 10.6 Å². The van der Waals surface area contributed by atoms with Gasteiger partial charge in [-0.15, -0.1) is 0 Å². The van der Waals surface area contributed by atoms with Crippen LogP contribution in [-0.2, 0) is 9.53 Å². The Labute approximate surface area is 146 Å². The van der Waals surface area contributed by atoms with Crippen LogP contribution in [0.1, 0.15) is 44.2 Å². The van der Waals surface area contributed by atoms with Crippen molar-refractivity contribution < 1.29 is 23.5 Å². The summed E-state index contributed by atoms with van der Waals surface area (Å²) in [5, 5.41) is 5.28. The van der Waals surface area contributed by atoms with Crippen LogP contribution in [0, 0.1) is 0 Å². The van der Waals surface area contributed by atoms with Crippen LogP contribution in [0.2, 0.25) is 0 Å². The third-order valence-electron chi connectivity index (χ3n) is 3.67. The molecule has 0 aromatic carbocycles. The molecule has 1 aromatic rings. The zero-order chi connectivity index (χ0) is 18.4. The van der Waals surface area contributed by atoms with E-state index in [-0.39, 0.29) is 24.4 Å². The summed E-state index contributed by atoms with van der Waals surface area (Å²) in [5.74, 6) is -0.0907. The van der Waals surface area contributed by atoms with Gasteiger partial charge >= 0.3 is 6.09 Å². The molecule has 2 rings (SSSR count). The number of nitrogens with zero attached hydrogens (tertiary/aromatic N) is 1. The first-order chi connectivity index (χ1) is 11.7. The lowest BCUT2D eigenvalue weighted by molar-refractivity contribution is -0.121. The molecule has 0 aliphatic carbocycles. The first-order valence-electron chi connectivity index (χ1n) is 8.33. The summed E-state index contributed by atoms with van der Waals surface area (Å²) in [7, 11) is 0. The first kappa shape index (κ1) is 18.8. The van der Waals surface area contributed by atoms with Gasteiger partial charge in [-0.1, -0.05) is 0 Å². The van der Waals surface area contributed by atoms with E-state index in [4.69, 9.17) is 9.15 Å². The number of alkyl carbamates (subject to hydrolysis) is 1. The average Bonchev–Trinajstić information content (AvgIpc) is 3.06. The number of likely N-dealkylation sites (tertiary alicyclic amines) is 1. The van der Waals surface area contributed by atoms with Gasteiger partial charge in [-0.3, -0.25) is 9.59 Å². The predicted octanol–water partition coefficient (Wildman–Crippen LogP) is 1.53. The van der Waals surface area contributed by atoms with Crippen LogP contribution >= 0.6 is 0 Å². The van der Waals surface area contributed by atoms with Gasteiger partial charge in [-0.25, -0.2) is 4.79 Å². The van der Waals surface area contributed by atoms with E-state index in [1.54, 1.807) is 37.8 Å². The second-order valence-corrected chi connectivity index (χ2v) is 6.97. The molecule has 0 radical (unpaired) electrons. The quantitative estimate of drug-likeness (QED) is 0.857. The largest absolute Gasteiger partial charge is 0.459 e. The van der Waals surface area contributed by atoms with Gasteiger partial charge < -0.3 is 24.7 Å². The second-order valence-electron chi connectivity index (χ2n) is 6.97. The number of carbonyl (C=O) groups excluding carboxylic acids is 3. The molecule has 0 bridgehead atoms. The number of nitrogens with one attached hydrogen (secondary N) is 2. The normalized spacial score (nSPS) is 15.6. The van der Waals surface area contributed by atoms with Crippen molar-refractivity contribution in [1.82, 2.24) is 15.5 Å². The predicted molar refractivity (Wildman–Crippen MR) is 90.0 cm³/mol. The number of hydrogen-bond acceptors (Lipinski definition) is 5. The molecule has 1 aromatic heterocycles. The monoisotopic (exact) mass is 351 g/mol. The Kier molecular flexibility index (Phi) is 6.06. The van der Waals surface area contributed by atoms with Crippen LogP contribution in [0.4, 0.5) is 4.79 Å². The Morgan fingerprint density at radius 1 is 1.28 bits per heavy atom. The zero-order valence-electron chi connectivity index (χ0n) is 14.8. The fourth-order valence-corrected chi connectivity index (χ4v) is 2.53. The highest BCUT2D eigenvalue weighted by Gasteiger charge is 2.26. The number of ether oxygens (including phenoxy) is 1. The van der Waals surface area contributed by atoms with E-state index in [1.165, 1.54) is 6.26 Å². The molecule has 0 unspecified atom stereocenters. The maximum Gasteiger partial charge on any atom is 0.408 e. The van der Waals surface area contributed by atoms with Gasteiger partial charge in [0.2, 0.25) is 5.91 Å². The second kappa shape index (κ2) is 8.04. The maximum atomic E-state index is 12.2. The van der Waals surface area contributed by atoms with Gasteiger partial charge in [0.15, 0.2) is 5.76 Å². The highest BCUT2D eigenvalue weighted by Crippen LogP contribution is 2.14. The summed E-state index contributed by atoms with van der Waals surface area (Å²) < 4.78 is 10.2. The van der Waals surface area contributed by atoms with Crippen LogP contribution in [-0.4, -0.2) is 54.1 Å². The standard InChI is InChI=1S/C17H25N3O5/c1-17(2,3)25-16(23)18-11-14(21)19-12-6-8-20(9-7-12)15(22)13-5-4-10-24-13/h4-5,10,12H,6-9,11H2,1-3H3,(H,18,23)(H,19,21). The van der Waals surface area contributed by atoms with E-state index in [0.29, 0.717) is 31.7 Å². The Hall–Kier alpha value is -2.51. The highest BCUT2D eigenvalue weighted by molar-refractivity contribution is 5.91. The van der Waals surface area contributed by atoms with Gasteiger partial charge in [0.1, 0.15) is 12.1 Å². The van der Waals surface area contributed by atoms with Gasteiger partial charge in [-0.2, -0.15) is 0 Å². The van der Waals surface area contributed by atoms with E-state index >= 15 is 0 Å². The summed E-state index contributed by atoms with van der Waals surface area (Å²) in [6.07, 6.45) is 2.16. The first-order valence-corrected chi connectivity index (χ1v) is 8.33. The molecular weight excluding hydrogens is 326 g/mol. The van der Waals surface area contributed by atoms with Crippen molar-refractivity contribution in [1.29, 1.82) is 0 Å². The molecule has 2 heterocycles. The minimum absolute atomic E-state index is 0.0198. The maximum absolute atomic E-state index is 12.2. The van der Waals surface area contributed by atoms with Gasteiger partial charge in [-0.05, 0) is 45.7 Å². The zero-order valence-corrected chi connectivity index (χ0v) is 14.8. The summed E-state index contributed by atoms with van der Waals surface area (Å²) >= 11 is 0. The fraction of sp³-hybridized carbons (Fsp3) is 0.588. The van der Waals surface area contributed by atoms with E-state index in [9.17, 15) is 14.4 Å². The van der Waals surface area contributed by atoms with Crippen LogP contribution in [0.15, 0.2) is 22.8 Å². The third kappa shape index (κ3) is 6.13. The van der Waals surface area contributed by atoms with Gasteiger partial charge in [0.25, 0.3) is 5.91 Å². The number of piperidine rings is 1. The molecule has 8 heteroatoms. The van der Waals surface area contributed by atoms with Crippen molar-refractivity contribution in [3.63, 3.8) is 0 Å². The molecule has 3 amide bonds. The van der Waals surface area contributed by atoms with Crippen LogP contribution in [0.25, 0.3) is 0 Å². The molecule has 8 nitrogen and oxygen atoms in total. The Morgan fingerprint density at radius 3 is 2.52 bits per heavy atom. The number of rotatable bonds is 4. The van der Waals surface area contributed by atoms with Crippen LogP contribution in [0.3, 0.4) is 0 Å². The van der Waals surface area contributed by atoms with Gasteiger partial charge in [0, 0.05) is 19.1 Å². The van der Waals surface area contributed by atoms with Crippen molar-refractivity contribution in [3.8, 4) is 0 Å². The van der Waals surface area contributed by atoms with Crippen molar-refractivity contribution in [2.75, 3.05) is 19.6 Å². The number of amides is 3. The fourth-order valence-electron chi connectivity index (χ4n) is 2.53. The molecule has 1 aliphatic rings. The molecule has 25 heavy (non-hydrogen) atoms. The molecule has 2 N–H and O–H groups in total. The summed E-state index contributed by atoms with van der Waals surface area (Å²) in [6, 6.07) is 3.30. The van der Waals surface area contributed by atoms with Crippen LogP contribution < -0.4 is 10.6 Å². The van der Waals surface area contributed by atoms with E-state index in [0.717, 1.165) is 0 Å². The lowest BCUT2D eigenvalue weighted by Crippen LogP contribution is -2.49. The van der Waals surface area contributed by atoms with Crippen molar-refractivity contribution >= 4 is 17.9 Å². The highest BCUT2D eigenvalue weighted by atomic mass is 16.6. The molecular formula is C17H25N3O5. The Bertz CT molecular complexity index is 598. The lowest BCUT2D eigenvalue weighted by atomic mass is 10.0. The number of furan rings is 1. The Balaban J connectivity index is 1.68.